The highest BCUT2D eigenvalue weighted by molar-refractivity contribution is 6.23. The Bertz CT molecular complexity index is 445. The van der Waals surface area contributed by atoms with E-state index in [1.54, 1.807) is 0 Å². The molecule has 0 aromatic heterocycles. The van der Waals surface area contributed by atoms with Crippen LogP contribution < -0.4 is 0 Å². The Hall–Kier alpha value is -0.270. The number of rotatable bonds is 4. The minimum atomic E-state index is -0.527. The highest BCUT2D eigenvalue weighted by Gasteiger charge is 2.50. The van der Waals surface area contributed by atoms with Crippen molar-refractivity contribution in [3.63, 3.8) is 0 Å². The minimum Gasteiger partial charge on any atom is -0.391 e. The quantitative estimate of drug-likeness (QED) is 0.507. The summed E-state index contributed by atoms with van der Waals surface area (Å²) in [5, 5.41) is 10.2. The molecule has 22 heavy (non-hydrogen) atoms. The summed E-state index contributed by atoms with van der Waals surface area (Å²) in [6.45, 7) is 12.8. The molecule has 1 saturated carbocycles. The lowest BCUT2D eigenvalue weighted by molar-refractivity contribution is -0.0336. The maximum Gasteiger partial charge on any atom is 0.0726 e. The van der Waals surface area contributed by atoms with Gasteiger partial charge >= 0.3 is 0 Å². The van der Waals surface area contributed by atoms with Crippen LogP contribution in [-0.4, -0.2) is 16.1 Å². The van der Waals surface area contributed by atoms with Crippen LogP contribution in [0.1, 0.15) is 72.6 Å². The average Bonchev–Trinajstić information content (AvgIpc) is 2.45. The molecule has 0 amide bonds. The first kappa shape index (κ1) is 18.1. The zero-order valence-electron chi connectivity index (χ0n) is 14.8. The second kappa shape index (κ2) is 6.69. The summed E-state index contributed by atoms with van der Waals surface area (Å²) in [4.78, 5) is -0.527. The Balaban J connectivity index is 2.00. The van der Waals surface area contributed by atoms with E-state index in [2.05, 4.69) is 26.5 Å². The molecule has 1 nitrogen and oxygen atoms in total. The molecular weight excluding hydrogens is 292 g/mol. The van der Waals surface area contributed by atoms with Crippen LogP contribution in [0, 0.1) is 17.3 Å². The van der Waals surface area contributed by atoms with Crippen molar-refractivity contribution in [3.8, 4) is 0 Å². The van der Waals surface area contributed by atoms with E-state index in [9.17, 15) is 5.11 Å². The molecule has 126 valence electrons. The molecule has 0 aliphatic heterocycles. The predicted octanol–water partition coefficient (Wildman–Crippen LogP) is 5.86. The van der Waals surface area contributed by atoms with Gasteiger partial charge in [-0.3, -0.25) is 0 Å². The smallest absolute Gasteiger partial charge is 0.0726 e. The number of alkyl halides is 1. The van der Waals surface area contributed by atoms with Gasteiger partial charge in [0.2, 0.25) is 0 Å². The lowest BCUT2D eigenvalue weighted by Crippen LogP contribution is -2.47. The van der Waals surface area contributed by atoms with E-state index in [1.165, 1.54) is 30.4 Å². The van der Waals surface area contributed by atoms with E-state index in [0.29, 0.717) is 11.3 Å². The molecule has 0 aromatic rings. The molecule has 4 atom stereocenters. The molecule has 4 unspecified atom stereocenters. The van der Waals surface area contributed by atoms with E-state index in [1.807, 2.05) is 13.8 Å². The standard InChI is InChI=1S/C20H33ClO/c1-14-7-6-8-15(2)16-13-20(5,17(16)10-9-14)12-11-18(22)19(3,4)21/h7,16-18,22H,2,6,8-13H2,1,3-5H3/b14-7-. The molecular formula is C20H33ClO. The second-order valence-electron chi connectivity index (χ2n) is 8.48. The number of hydrogen-bond acceptors (Lipinski definition) is 1. The zero-order valence-corrected chi connectivity index (χ0v) is 15.5. The number of allylic oxidation sites excluding steroid dienone is 3. The SMILES string of the molecule is C=C1CC/C=C(/C)CCC2C1CC2(C)CCC(O)C(C)(C)Cl. The maximum absolute atomic E-state index is 10.2. The fourth-order valence-electron chi connectivity index (χ4n) is 4.37. The van der Waals surface area contributed by atoms with Gasteiger partial charge in [0.25, 0.3) is 0 Å². The third-order valence-corrected chi connectivity index (χ3v) is 6.43. The van der Waals surface area contributed by atoms with Crippen molar-refractivity contribution < 1.29 is 5.11 Å². The minimum absolute atomic E-state index is 0.349. The fourth-order valence-corrected chi connectivity index (χ4v) is 4.48. The lowest BCUT2D eigenvalue weighted by Gasteiger charge is -2.55. The Morgan fingerprint density at radius 2 is 2.14 bits per heavy atom. The van der Waals surface area contributed by atoms with Crippen molar-refractivity contribution in [2.24, 2.45) is 17.3 Å². The van der Waals surface area contributed by atoms with E-state index in [0.717, 1.165) is 31.6 Å². The van der Waals surface area contributed by atoms with Crippen molar-refractivity contribution >= 4 is 11.6 Å². The zero-order chi connectivity index (χ0) is 16.5. The summed E-state index contributed by atoms with van der Waals surface area (Å²) < 4.78 is 0. The van der Waals surface area contributed by atoms with Crippen LogP contribution in [0.4, 0.5) is 0 Å². The van der Waals surface area contributed by atoms with Gasteiger partial charge in [0.05, 0.1) is 11.0 Å². The highest BCUT2D eigenvalue weighted by atomic mass is 35.5. The molecule has 1 fully saturated rings. The molecule has 0 heterocycles. The number of aliphatic hydroxyl groups is 1. The van der Waals surface area contributed by atoms with E-state index < -0.39 is 11.0 Å². The van der Waals surface area contributed by atoms with Gasteiger partial charge in [0.15, 0.2) is 0 Å². The summed E-state index contributed by atoms with van der Waals surface area (Å²) in [5.74, 6) is 1.43. The predicted molar refractivity (Wildman–Crippen MR) is 96.2 cm³/mol. The van der Waals surface area contributed by atoms with Crippen LogP contribution in [0.25, 0.3) is 0 Å². The molecule has 2 aliphatic carbocycles. The topological polar surface area (TPSA) is 20.2 Å². The number of aliphatic hydroxyl groups excluding tert-OH is 1. The molecule has 2 heteroatoms. The van der Waals surface area contributed by atoms with Crippen LogP contribution >= 0.6 is 11.6 Å². The Morgan fingerprint density at radius 3 is 2.77 bits per heavy atom. The van der Waals surface area contributed by atoms with Gasteiger partial charge in [-0.05, 0) is 83.0 Å². The molecule has 0 radical (unpaired) electrons. The van der Waals surface area contributed by atoms with Gasteiger partial charge in [-0.2, -0.15) is 0 Å². The summed E-state index contributed by atoms with van der Waals surface area (Å²) in [6.07, 6.45) is 9.87. The summed E-state index contributed by atoms with van der Waals surface area (Å²) in [7, 11) is 0. The van der Waals surface area contributed by atoms with Gasteiger partial charge in [-0.15, -0.1) is 11.6 Å². The van der Waals surface area contributed by atoms with Crippen LogP contribution in [0.5, 0.6) is 0 Å². The Labute approximate surface area is 141 Å². The molecule has 2 aliphatic rings. The summed E-state index contributed by atoms with van der Waals surface area (Å²) >= 11 is 6.25. The first-order valence-electron chi connectivity index (χ1n) is 8.84. The first-order chi connectivity index (χ1) is 10.1. The fraction of sp³-hybridized carbons (Fsp3) is 0.800. The molecule has 0 aromatic carbocycles. The Morgan fingerprint density at radius 1 is 1.45 bits per heavy atom. The molecule has 2 rings (SSSR count). The molecule has 0 saturated heterocycles. The van der Waals surface area contributed by atoms with Gasteiger partial charge < -0.3 is 5.11 Å². The number of hydrogen-bond donors (Lipinski definition) is 1. The normalized spacial score (nSPS) is 37.0. The van der Waals surface area contributed by atoms with Crippen molar-refractivity contribution in [1.82, 2.24) is 0 Å². The average molecular weight is 325 g/mol. The third-order valence-electron chi connectivity index (χ3n) is 6.18. The second-order valence-corrected chi connectivity index (χ2v) is 9.45. The van der Waals surface area contributed by atoms with E-state index in [-0.39, 0.29) is 0 Å². The van der Waals surface area contributed by atoms with Crippen molar-refractivity contribution in [3.05, 3.63) is 23.8 Å². The molecule has 0 bridgehead atoms. The third kappa shape index (κ3) is 3.97. The van der Waals surface area contributed by atoms with Crippen LogP contribution in [0.3, 0.4) is 0 Å². The van der Waals surface area contributed by atoms with Crippen LogP contribution in [-0.2, 0) is 0 Å². The summed E-state index contributed by atoms with van der Waals surface area (Å²) in [6, 6.07) is 0. The number of halogens is 1. The Kier molecular flexibility index (Phi) is 5.50. The van der Waals surface area contributed by atoms with Crippen molar-refractivity contribution in [2.45, 2.75) is 83.6 Å². The van der Waals surface area contributed by atoms with Crippen LogP contribution in [0.2, 0.25) is 0 Å². The van der Waals surface area contributed by atoms with Crippen LogP contribution in [0.15, 0.2) is 23.8 Å². The molecule has 1 N–H and O–H groups in total. The van der Waals surface area contributed by atoms with Crippen molar-refractivity contribution in [2.75, 3.05) is 0 Å². The lowest BCUT2D eigenvalue weighted by atomic mass is 9.49. The van der Waals surface area contributed by atoms with Crippen molar-refractivity contribution in [1.29, 1.82) is 0 Å². The van der Waals surface area contributed by atoms with Gasteiger partial charge in [-0.25, -0.2) is 0 Å². The maximum atomic E-state index is 10.2. The summed E-state index contributed by atoms with van der Waals surface area (Å²) in [5.41, 5.74) is 3.33. The van der Waals surface area contributed by atoms with E-state index >= 15 is 0 Å². The van der Waals surface area contributed by atoms with Gasteiger partial charge in [0, 0.05) is 0 Å². The van der Waals surface area contributed by atoms with E-state index in [4.69, 9.17) is 11.6 Å². The molecule has 0 spiro atoms. The van der Waals surface area contributed by atoms with Gasteiger partial charge in [0.1, 0.15) is 0 Å². The largest absolute Gasteiger partial charge is 0.391 e. The number of fused-ring (bicyclic) bond motifs is 1. The monoisotopic (exact) mass is 324 g/mol. The highest BCUT2D eigenvalue weighted by Crippen LogP contribution is 2.59. The first-order valence-corrected chi connectivity index (χ1v) is 9.21. The van der Waals surface area contributed by atoms with Gasteiger partial charge in [-0.1, -0.05) is 30.7 Å².